The van der Waals surface area contributed by atoms with Crippen LogP contribution in [-0.4, -0.2) is 42.7 Å². The summed E-state index contributed by atoms with van der Waals surface area (Å²) in [6.07, 6.45) is 0. The van der Waals surface area contributed by atoms with Crippen LogP contribution in [0.2, 0.25) is 5.02 Å². The third-order valence-corrected chi connectivity index (χ3v) is 3.10. The van der Waals surface area contributed by atoms with E-state index in [1.165, 1.54) is 12.1 Å². The largest absolute Gasteiger partial charge is 0.478 e. The summed E-state index contributed by atoms with van der Waals surface area (Å²) in [6.45, 7) is 2.62. The van der Waals surface area contributed by atoms with Crippen molar-refractivity contribution in [3.05, 3.63) is 22.7 Å². The maximum Gasteiger partial charge on any atom is 0.337 e. The van der Waals surface area contributed by atoms with Gasteiger partial charge in [0.25, 0.3) is 0 Å². The number of benzene rings is 1. The minimum Gasteiger partial charge on any atom is -0.478 e. The zero-order valence-corrected chi connectivity index (χ0v) is 11.5. The maximum atomic E-state index is 11.1. The quantitative estimate of drug-likeness (QED) is 0.714. The molecule has 0 aliphatic rings. The molecule has 1 aromatic rings. The van der Waals surface area contributed by atoms with Crippen LogP contribution in [0.3, 0.4) is 0 Å². The SMILES string of the molecule is CC(CNc1c(Cl)cc(N)cc1C(=O)O)N(C)C. The lowest BCUT2D eigenvalue weighted by Crippen LogP contribution is -2.31. The first-order valence-electron chi connectivity index (χ1n) is 5.55. The molecule has 0 amide bonds. The summed E-state index contributed by atoms with van der Waals surface area (Å²) >= 11 is 6.02. The second kappa shape index (κ2) is 5.93. The summed E-state index contributed by atoms with van der Waals surface area (Å²) in [7, 11) is 3.91. The molecule has 0 spiro atoms. The summed E-state index contributed by atoms with van der Waals surface area (Å²) in [5.41, 5.74) is 6.42. The fourth-order valence-corrected chi connectivity index (χ4v) is 1.70. The number of hydrogen-bond acceptors (Lipinski definition) is 4. The van der Waals surface area contributed by atoms with Gasteiger partial charge in [0, 0.05) is 18.3 Å². The zero-order valence-electron chi connectivity index (χ0n) is 10.7. The molecule has 0 aliphatic heterocycles. The molecule has 5 nitrogen and oxygen atoms in total. The Bertz CT molecular complexity index is 449. The predicted octanol–water partition coefficient (Wildman–Crippen LogP) is 1.98. The van der Waals surface area contributed by atoms with Gasteiger partial charge in [0.1, 0.15) is 0 Å². The molecule has 0 aromatic heterocycles. The van der Waals surface area contributed by atoms with Gasteiger partial charge in [0.05, 0.1) is 16.3 Å². The van der Waals surface area contributed by atoms with Crippen LogP contribution in [0.25, 0.3) is 0 Å². The molecule has 0 saturated heterocycles. The van der Waals surface area contributed by atoms with Gasteiger partial charge in [-0.15, -0.1) is 0 Å². The van der Waals surface area contributed by atoms with Gasteiger partial charge in [0.2, 0.25) is 0 Å². The number of aromatic carboxylic acids is 1. The zero-order chi connectivity index (χ0) is 13.9. The Morgan fingerprint density at radius 2 is 2.17 bits per heavy atom. The van der Waals surface area contributed by atoms with E-state index in [2.05, 4.69) is 5.32 Å². The molecule has 0 fully saturated rings. The normalized spacial score (nSPS) is 12.5. The van der Waals surface area contributed by atoms with Crippen molar-refractivity contribution in [1.82, 2.24) is 4.90 Å². The van der Waals surface area contributed by atoms with Crippen molar-refractivity contribution in [2.75, 3.05) is 31.7 Å². The lowest BCUT2D eigenvalue weighted by molar-refractivity contribution is 0.0698. The number of likely N-dealkylation sites (N-methyl/N-ethyl adjacent to an activating group) is 1. The number of carboxylic acids is 1. The Hall–Kier alpha value is -1.46. The third-order valence-electron chi connectivity index (χ3n) is 2.80. The van der Waals surface area contributed by atoms with Crippen LogP contribution < -0.4 is 11.1 Å². The van der Waals surface area contributed by atoms with E-state index >= 15 is 0 Å². The molecule has 0 heterocycles. The van der Waals surface area contributed by atoms with E-state index in [4.69, 9.17) is 22.4 Å². The molecule has 0 aliphatic carbocycles. The highest BCUT2D eigenvalue weighted by molar-refractivity contribution is 6.34. The summed E-state index contributed by atoms with van der Waals surface area (Å²) in [5.74, 6) is -1.05. The van der Waals surface area contributed by atoms with Crippen LogP contribution in [0.4, 0.5) is 11.4 Å². The summed E-state index contributed by atoms with van der Waals surface area (Å²) in [6, 6.07) is 3.19. The van der Waals surface area contributed by atoms with Gasteiger partial charge < -0.3 is 21.1 Å². The van der Waals surface area contributed by atoms with Crippen molar-refractivity contribution >= 4 is 28.9 Å². The predicted molar refractivity (Wildman–Crippen MR) is 74.5 cm³/mol. The Kier molecular flexibility index (Phi) is 4.81. The highest BCUT2D eigenvalue weighted by atomic mass is 35.5. The summed E-state index contributed by atoms with van der Waals surface area (Å²) in [5, 5.41) is 12.5. The van der Waals surface area contributed by atoms with Crippen LogP contribution in [0.1, 0.15) is 17.3 Å². The van der Waals surface area contributed by atoms with Gasteiger partial charge in [-0.05, 0) is 33.2 Å². The molecule has 4 N–H and O–H groups in total. The number of rotatable bonds is 5. The van der Waals surface area contributed by atoms with Gasteiger partial charge in [-0.25, -0.2) is 4.79 Å². The molecule has 6 heteroatoms. The topological polar surface area (TPSA) is 78.6 Å². The van der Waals surface area contributed by atoms with E-state index in [0.29, 0.717) is 22.9 Å². The van der Waals surface area contributed by atoms with Gasteiger partial charge in [-0.3, -0.25) is 0 Å². The monoisotopic (exact) mass is 271 g/mol. The van der Waals surface area contributed by atoms with Gasteiger partial charge in [-0.2, -0.15) is 0 Å². The third kappa shape index (κ3) is 3.51. The van der Waals surface area contributed by atoms with Crippen molar-refractivity contribution in [2.45, 2.75) is 13.0 Å². The maximum absolute atomic E-state index is 11.1. The lowest BCUT2D eigenvalue weighted by Gasteiger charge is -2.21. The average molecular weight is 272 g/mol. The van der Waals surface area contributed by atoms with Gasteiger partial charge >= 0.3 is 5.97 Å². The number of carboxylic acid groups (broad SMARTS) is 1. The van der Waals surface area contributed by atoms with Crippen molar-refractivity contribution in [3.63, 3.8) is 0 Å². The fourth-order valence-electron chi connectivity index (χ4n) is 1.41. The van der Waals surface area contributed by atoms with Crippen LogP contribution >= 0.6 is 11.6 Å². The molecule has 1 aromatic carbocycles. The van der Waals surface area contributed by atoms with E-state index in [1.807, 2.05) is 25.9 Å². The first-order valence-corrected chi connectivity index (χ1v) is 5.93. The average Bonchev–Trinajstić information content (AvgIpc) is 2.26. The van der Waals surface area contributed by atoms with Gasteiger partial charge in [-0.1, -0.05) is 11.6 Å². The molecule has 1 atom stereocenters. The van der Waals surface area contributed by atoms with Crippen LogP contribution in [-0.2, 0) is 0 Å². The molecule has 0 bridgehead atoms. The molecule has 100 valence electrons. The Labute approximate surface area is 112 Å². The minimum absolute atomic E-state index is 0.0888. The molecule has 0 radical (unpaired) electrons. The highest BCUT2D eigenvalue weighted by Gasteiger charge is 2.15. The van der Waals surface area contributed by atoms with Crippen molar-refractivity contribution in [2.24, 2.45) is 0 Å². The second-order valence-corrected chi connectivity index (χ2v) is 4.83. The number of carbonyl (C=O) groups is 1. The Morgan fingerprint density at radius 1 is 1.56 bits per heavy atom. The van der Waals surface area contributed by atoms with Crippen molar-refractivity contribution < 1.29 is 9.90 Å². The number of hydrogen-bond donors (Lipinski definition) is 3. The van der Waals surface area contributed by atoms with E-state index < -0.39 is 5.97 Å². The molecule has 0 saturated carbocycles. The number of nitrogens with zero attached hydrogens (tertiary/aromatic N) is 1. The smallest absolute Gasteiger partial charge is 0.337 e. The first kappa shape index (κ1) is 14.6. The highest BCUT2D eigenvalue weighted by Crippen LogP contribution is 2.29. The summed E-state index contributed by atoms with van der Waals surface area (Å²) < 4.78 is 0. The van der Waals surface area contributed by atoms with Gasteiger partial charge in [0.15, 0.2) is 0 Å². The summed E-state index contributed by atoms with van der Waals surface area (Å²) in [4.78, 5) is 13.2. The standard InChI is InChI=1S/C12H18ClN3O2/c1-7(16(2)3)6-15-11-9(12(17)18)4-8(14)5-10(11)13/h4-5,7,15H,6,14H2,1-3H3,(H,17,18). The van der Waals surface area contributed by atoms with Crippen molar-refractivity contribution in [3.8, 4) is 0 Å². The minimum atomic E-state index is -1.05. The van der Waals surface area contributed by atoms with Crippen LogP contribution in [0.5, 0.6) is 0 Å². The van der Waals surface area contributed by atoms with Crippen molar-refractivity contribution in [1.29, 1.82) is 0 Å². The number of nitrogens with two attached hydrogens (primary N) is 1. The molecule has 1 unspecified atom stereocenters. The molecular weight excluding hydrogens is 254 g/mol. The fraction of sp³-hybridized carbons (Fsp3) is 0.417. The van der Waals surface area contributed by atoms with Crippen LogP contribution in [0.15, 0.2) is 12.1 Å². The molecule has 1 rings (SSSR count). The number of nitrogens with one attached hydrogen (secondary N) is 1. The first-order chi connectivity index (χ1) is 8.32. The van der Waals surface area contributed by atoms with Crippen LogP contribution in [0, 0.1) is 0 Å². The van der Waals surface area contributed by atoms with E-state index in [9.17, 15) is 4.79 Å². The lowest BCUT2D eigenvalue weighted by atomic mass is 10.1. The molecule has 18 heavy (non-hydrogen) atoms. The number of halogens is 1. The number of nitrogen functional groups attached to an aromatic ring is 1. The van der Waals surface area contributed by atoms with E-state index in [0.717, 1.165) is 0 Å². The Morgan fingerprint density at radius 3 is 2.67 bits per heavy atom. The Balaban J connectivity index is 2.97. The van der Waals surface area contributed by atoms with E-state index in [1.54, 1.807) is 0 Å². The molecular formula is C12H18ClN3O2. The number of anilines is 2. The van der Waals surface area contributed by atoms with E-state index in [-0.39, 0.29) is 11.6 Å². The second-order valence-electron chi connectivity index (χ2n) is 4.42.